The van der Waals surface area contributed by atoms with E-state index in [0.717, 1.165) is 29.2 Å². The second-order valence-electron chi connectivity index (χ2n) is 6.07. The molecule has 17 heavy (non-hydrogen) atoms. The predicted molar refractivity (Wildman–Crippen MR) is 62.7 cm³/mol. The van der Waals surface area contributed by atoms with Crippen LogP contribution in [0.15, 0.2) is 24.3 Å². The first kappa shape index (κ1) is 10.1. The molecule has 90 valence electrons. The first-order valence-electron chi connectivity index (χ1n) is 6.69. The molecule has 0 saturated heterocycles. The van der Waals surface area contributed by atoms with E-state index in [1.807, 2.05) is 6.07 Å². The standard InChI is InChI=1S/C15H17FO/c16-11-3-1-2-10(7-11)15(17)14-12-8-4-5-9(6-8)13(12)14/h1-3,7-9,12-15,17H,4-6H2. The summed E-state index contributed by atoms with van der Waals surface area (Å²) in [6.07, 6.45) is 3.67. The maximum absolute atomic E-state index is 13.2. The molecule has 0 radical (unpaired) electrons. The highest BCUT2D eigenvalue weighted by Gasteiger charge is 2.66. The van der Waals surface area contributed by atoms with Crippen molar-refractivity contribution in [2.75, 3.05) is 0 Å². The van der Waals surface area contributed by atoms with Crippen molar-refractivity contribution in [1.82, 2.24) is 0 Å². The Morgan fingerprint density at radius 2 is 1.88 bits per heavy atom. The van der Waals surface area contributed by atoms with Crippen LogP contribution in [0.25, 0.3) is 0 Å². The van der Waals surface area contributed by atoms with E-state index in [9.17, 15) is 9.50 Å². The van der Waals surface area contributed by atoms with Crippen LogP contribution >= 0.6 is 0 Å². The quantitative estimate of drug-likeness (QED) is 0.830. The van der Waals surface area contributed by atoms with Gasteiger partial charge in [0.25, 0.3) is 0 Å². The van der Waals surface area contributed by atoms with Crippen LogP contribution in [0.1, 0.15) is 30.9 Å². The molecule has 1 N–H and O–H groups in total. The van der Waals surface area contributed by atoms with Crippen LogP contribution in [0.2, 0.25) is 0 Å². The Kier molecular flexibility index (Phi) is 1.97. The average Bonchev–Trinajstić information content (AvgIpc) is 2.76. The molecule has 0 amide bonds. The Balaban J connectivity index is 1.58. The zero-order valence-corrected chi connectivity index (χ0v) is 9.72. The van der Waals surface area contributed by atoms with Gasteiger partial charge in [-0.15, -0.1) is 0 Å². The Hall–Kier alpha value is -0.890. The number of hydrogen-bond donors (Lipinski definition) is 1. The van der Waals surface area contributed by atoms with Crippen molar-refractivity contribution in [3.63, 3.8) is 0 Å². The lowest BCUT2D eigenvalue weighted by molar-refractivity contribution is 0.129. The van der Waals surface area contributed by atoms with Gasteiger partial charge in [0.05, 0.1) is 6.10 Å². The summed E-state index contributed by atoms with van der Waals surface area (Å²) < 4.78 is 13.2. The predicted octanol–water partition coefficient (Wildman–Crippen LogP) is 3.15. The Morgan fingerprint density at radius 3 is 2.53 bits per heavy atom. The maximum Gasteiger partial charge on any atom is 0.123 e. The second kappa shape index (κ2) is 3.32. The highest BCUT2D eigenvalue weighted by Crippen LogP contribution is 2.72. The van der Waals surface area contributed by atoms with Gasteiger partial charge >= 0.3 is 0 Å². The number of benzene rings is 1. The Morgan fingerprint density at radius 1 is 1.18 bits per heavy atom. The fourth-order valence-electron chi connectivity index (χ4n) is 4.73. The highest BCUT2D eigenvalue weighted by molar-refractivity contribution is 5.25. The summed E-state index contributed by atoms with van der Waals surface area (Å²) in [5, 5.41) is 10.4. The minimum absolute atomic E-state index is 0.240. The van der Waals surface area contributed by atoms with Crippen molar-refractivity contribution in [3.05, 3.63) is 35.6 Å². The third-order valence-electron chi connectivity index (χ3n) is 5.35. The minimum atomic E-state index is -0.441. The maximum atomic E-state index is 13.2. The molecule has 1 aromatic carbocycles. The van der Waals surface area contributed by atoms with Crippen LogP contribution in [0.5, 0.6) is 0 Å². The zero-order chi connectivity index (χ0) is 11.6. The molecule has 1 aromatic rings. The van der Waals surface area contributed by atoms with Gasteiger partial charge in [-0.2, -0.15) is 0 Å². The summed E-state index contributed by atoms with van der Waals surface area (Å²) in [5.41, 5.74) is 0.767. The van der Waals surface area contributed by atoms with Crippen molar-refractivity contribution < 1.29 is 9.50 Å². The zero-order valence-electron chi connectivity index (χ0n) is 9.72. The molecule has 3 fully saturated rings. The van der Waals surface area contributed by atoms with Crippen LogP contribution in [-0.4, -0.2) is 5.11 Å². The molecule has 0 heterocycles. The molecule has 0 aromatic heterocycles. The van der Waals surface area contributed by atoms with E-state index in [2.05, 4.69) is 0 Å². The molecule has 1 nitrogen and oxygen atoms in total. The molecule has 3 saturated carbocycles. The molecule has 0 spiro atoms. The number of aliphatic hydroxyl groups excluding tert-OH is 1. The Bertz CT molecular complexity index is 442. The molecular weight excluding hydrogens is 215 g/mol. The molecule has 2 heteroatoms. The molecule has 0 aliphatic heterocycles. The van der Waals surface area contributed by atoms with Crippen molar-refractivity contribution in [3.8, 4) is 0 Å². The number of halogens is 1. The van der Waals surface area contributed by atoms with Crippen molar-refractivity contribution >= 4 is 0 Å². The van der Waals surface area contributed by atoms with Gasteiger partial charge in [-0.25, -0.2) is 4.39 Å². The number of rotatable bonds is 2. The SMILES string of the molecule is OC(c1cccc(F)c1)C1C2C3CCC(C3)C21. The molecule has 3 aliphatic rings. The normalized spacial score (nSPS) is 43.5. The smallest absolute Gasteiger partial charge is 0.123 e. The molecule has 5 unspecified atom stereocenters. The van der Waals surface area contributed by atoms with Crippen molar-refractivity contribution in [2.24, 2.45) is 29.6 Å². The fraction of sp³-hybridized carbons (Fsp3) is 0.600. The summed E-state index contributed by atoms with van der Waals surface area (Å²) in [7, 11) is 0. The molecule has 2 bridgehead atoms. The van der Waals surface area contributed by atoms with Crippen molar-refractivity contribution in [1.29, 1.82) is 0 Å². The van der Waals surface area contributed by atoms with Crippen LogP contribution in [-0.2, 0) is 0 Å². The monoisotopic (exact) mass is 232 g/mol. The van der Waals surface area contributed by atoms with Crippen LogP contribution < -0.4 is 0 Å². The molecule has 3 aliphatic carbocycles. The van der Waals surface area contributed by atoms with E-state index < -0.39 is 6.10 Å². The summed E-state index contributed by atoms with van der Waals surface area (Å²) in [6.45, 7) is 0. The fourth-order valence-corrected chi connectivity index (χ4v) is 4.73. The van der Waals surface area contributed by atoms with Gasteiger partial charge in [0, 0.05) is 0 Å². The largest absolute Gasteiger partial charge is 0.388 e. The topological polar surface area (TPSA) is 20.2 Å². The van der Waals surface area contributed by atoms with Crippen LogP contribution in [0.4, 0.5) is 4.39 Å². The first-order valence-corrected chi connectivity index (χ1v) is 6.69. The summed E-state index contributed by atoms with van der Waals surface area (Å²) in [6, 6.07) is 6.47. The minimum Gasteiger partial charge on any atom is -0.388 e. The van der Waals surface area contributed by atoms with E-state index in [1.165, 1.54) is 31.4 Å². The third-order valence-corrected chi connectivity index (χ3v) is 5.35. The van der Waals surface area contributed by atoms with Gasteiger partial charge in [-0.3, -0.25) is 0 Å². The van der Waals surface area contributed by atoms with Crippen molar-refractivity contribution in [2.45, 2.75) is 25.4 Å². The van der Waals surface area contributed by atoms with E-state index in [4.69, 9.17) is 0 Å². The Labute approximate surface area is 101 Å². The highest BCUT2D eigenvalue weighted by atomic mass is 19.1. The van der Waals surface area contributed by atoms with E-state index in [-0.39, 0.29) is 5.82 Å². The van der Waals surface area contributed by atoms with E-state index in [0.29, 0.717) is 5.92 Å². The van der Waals surface area contributed by atoms with Gasteiger partial charge in [-0.05, 0) is 66.5 Å². The van der Waals surface area contributed by atoms with Gasteiger partial charge in [0.2, 0.25) is 0 Å². The summed E-state index contributed by atoms with van der Waals surface area (Å²) >= 11 is 0. The summed E-state index contributed by atoms with van der Waals surface area (Å²) in [5.74, 6) is 3.38. The lowest BCUT2D eigenvalue weighted by Crippen LogP contribution is -2.08. The van der Waals surface area contributed by atoms with Gasteiger partial charge in [-0.1, -0.05) is 12.1 Å². The third kappa shape index (κ3) is 1.33. The molecule has 4 rings (SSSR count). The molecule has 5 atom stereocenters. The van der Waals surface area contributed by atoms with Gasteiger partial charge < -0.3 is 5.11 Å². The van der Waals surface area contributed by atoms with Gasteiger partial charge in [0.15, 0.2) is 0 Å². The van der Waals surface area contributed by atoms with Gasteiger partial charge in [0.1, 0.15) is 5.82 Å². The van der Waals surface area contributed by atoms with E-state index in [1.54, 1.807) is 6.07 Å². The number of hydrogen-bond acceptors (Lipinski definition) is 1. The van der Waals surface area contributed by atoms with E-state index >= 15 is 0 Å². The number of fused-ring (bicyclic) bond motifs is 5. The second-order valence-corrected chi connectivity index (χ2v) is 6.07. The molecular formula is C15H17FO. The average molecular weight is 232 g/mol. The lowest BCUT2D eigenvalue weighted by atomic mass is 9.95. The summed E-state index contributed by atoms with van der Waals surface area (Å²) in [4.78, 5) is 0. The van der Waals surface area contributed by atoms with Crippen LogP contribution in [0, 0.1) is 35.4 Å². The lowest BCUT2D eigenvalue weighted by Gasteiger charge is -2.15. The van der Waals surface area contributed by atoms with Crippen LogP contribution in [0.3, 0.4) is 0 Å². The number of aliphatic hydroxyl groups is 1. The first-order chi connectivity index (χ1) is 8.25.